The second-order valence-electron chi connectivity index (χ2n) is 10.1. The lowest BCUT2D eigenvalue weighted by Crippen LogP contribution is -2.50. The van der Waals surface area contributed by atoms with Gasteiger partial charge in [-0.3, -0.25) is 9.59 Å². The van der Waals surface area contributed by atoms with Crippen LogP contribution in [0, 0.1) is 6.92 Å². The molecule has 40 heavy (non-hydrogen) atoms. The van der Waals surface area contributed by atoms with Gasteiger partial charge in [0.2, 0.25) is 21.8 Å². The minimum Gasteiger partial charge on any atom is -0.354 e. The first-order valence-corrected chi connectivity index (χ1v) is 15.3. The van der Waals surface area contributed by atoms with Crippen molar-refractivity contribution in [1.29, 1.82) is 0 Å². The molecule has 0 fully saturated rings. The molecule has 1 atom stereocenters. The van der Waals surface area contributed by atoms with Crippen molar-refractivity contribution in [1.82, 2.24) is 14.5 Å². The lowest BCUT2D eigenvalue weighted by atomic mass is 10.0. The number of carbonyl (C=O) groups is 2. The second-order valence-corrected chi connectivity index (χ2v) is 12.1. The summed E-state index contributed by atoms with van der Waals surface area (Å²) in [6, 6.07) is 25.2. The Bertz CT molecular complexity index is 1330. The molecular formula is C32H41N3O4S. The Balaban J connectivity index is 1.81. The van der Waals surface area contributed by atoms with Crippen LogP contribution in [0.5, 0.6) is 0 Å². The molecular weight excluding hydrogens is 522 g/mol. The molecule has 1 N–H and O–H groups in total. The summed E-state index contributed by atoms with van der Waals surface area (Å²) >= 11 is 0. The van der Waals surface area contributed by atoms with Crippen LogP contribution < -0.4 is 5.32 Å². The molecule has 3 rings (SSSR count). The van der Waals surface area contributed by atoms with Crippen LogP contribution in [0.3, 0.4) is 0 Å². The van der Waals surface area contributed by atoms with Gasteiger partial charge in [0.05, 0.1) is 4.90 Å². The fraction of sp³-hybridized carbons (Fsp3) is 0.375. The molecule has 0 aromatic heterocycles. The molecule has 0 aliphatic rings. The summed E-state index contributed by atoms with van der Waals surface area (Å²) in [6.07, 6.45) is 2.65. The van der Waals surface area contributed by atoms with E-state index in [9.17, 15) is 18.0 Å². The van der Waals surface area contributed by atoms with Crippen molar-refractivity contribution in [3.63, 3.8) is 0 Å². The third-order valence-corrected chi connectivity index (χ3v) is 8.72. The first kappa shape index (κ1) is 31.0. The molecule has 214 valence electrons. The van der Waals surface area contributed by atoms with Crippen molar-refractivity contribution in [2.75, 3.05) is 20.1 Å². The summed E-state index contributed by atoms with van der Waals surface area (Å²) < 4.78 is 27.1. The maximum atomic E-state index is 13.8. The SMILES string of the molecule is CCCCNC(=O)[C@@H](Cc1ccccc1)N(Cc1cccc(C)c1)C(=O)CCCN(C)S(=O)(=O)c1ccccc1. The molecule has 0 aliphatic heterocycles. The Morgan fingerprint density at radius 2 is 1.52 bits per heavy atom. The van der Waals surface area contributed by atoms with E-state index in [-0.39, 0.29) is 36.2 Å². The number of nitrogens with one attached hydrogen (secondary N) is 1. The van der Waals surface area contributed by atoms with E-state index >= 15 is 0 Å². The number of hydrogen-bond acceptors (Lipinski definition) is 4. The number of sulfonamides is 1. The van der Waals surface area contributed by atoms with Gasteiger partial charge < -0.3 is 10.2 Å². The molecule has 0 bridgehead atoms. The van der Waals surface area contributed by atoms with E-state index in [1.54, 1.807) is 35.2 Å². The van der Waals surface area contributed by atoms with Gasteiger partial charge in [0.1, 0.15) is 6.04 Å². The topological polar surface area (TPSA) is 86.8 Å². The Morgan fingerprint density at radius 3 is 2.17 bits per heavy atom. The zero-order chi connectivity index (χ0) is 29.0. The smallest absolute Gasteiger partial charge is 0.243 e. The Labute approximate surface area is 239 Å². The maximum absolute atomic E-state index is 13.8. The molecule has 2 amide bonds. The van der Waals surface area contributed by atoms with Crippen LogP contribution >= 0.6 is 0 Å². The van der Waals surface area contributed by atoms with Crippen LogP contribution in [-0.2, 0) is 32.6 Å². The van der Waals surface area contributed by atoms with Crippen molar-refractivity contribution in [2.45, 2.75) is 63.4 Å². The minimum atomic E-state index is -3.65. The number of nitrogens with zero attached hydrogens (tertiary/aromatic N) is 2. The van der Waals surface area contributed by atoms with Crippen molar-refractivity contribution >= 4 is 21.8 Å². The molecule has 0 saturated heterocycles. The van der Waals surface area contributed by atoms with Gasteiger partial charge in [0.15, 0.2) is 0 Å². The molecule has 8 heteroatoms. The third-order valence-electron chi connectivity index (χ3n) is 6.85. The highest BCUT2D eigenvalue weighted by Crippen LogP contribution is 2.19. The zero-order valence-corrected chi connectivity index (χ0v) is 24.6. The van der Waals surface area contributed by atoms with E-state index in [4.69, 9.17) is 0 Å². The van der Waals surface area contributed by atoms with E-state index in [2.05, 4.69) is 12.2 Å². The highest BCUT2D eigenvalue weighted by molar-refractivity contribution is 7.89. The van der Waals surface area contributed by atoms with Crippen molar-refractivity contribution in [3.8, 4) is 0 Å². The number of amides is 2. The predicted molar refractivity (Wildman–Crippen MR) is 159 cm³/mol. The average Bonchev–Trinajstić information content (AvgIpc) is 2.95. The Kier molecular flexibility index (Phi) is 11.9. The molecule has 0 unspecified atom stereocenters. The van der Waals surface area contributed by atoms with Crippen LogP contribution in [0.15, 0.2) is 89.8 Å². The van der Waals surface area contributed by atoms with Gasteiger partial charge in [-0.15, -0.1) is 0 Å². The summed E-state index contributed by atoms with van der Waals surface area (Å²) in [6.45, 7) is 5.09. The predicted octanol–water partition coefficient (Wildman–Crippen LogP) is 4.95. The number of rotatable bonds is 15. The number of benzene rings is 3. The average molecular weight is 564 g/mol. The van der Waals surface area contributed by atoms with E-state index < -0.39 is 16.1 Å². The highest BCUT2D eigenvalue weighted by atomic mass is 32.2. The second kappa shape index (κ2) is 15.3. The van der Waals surface area contributed by atoms with Gasteiger partial charge in [-0.25, -0.2) is 12.7 Å². The van der Waals surface area contributed by atoms with Gasteiger partial charge in [-0.05, 0) is 43.0 Å². The number of unbranched alkanes of at least 4 members (excludes halogenated alkanes) is 1. The zero-order valence-electron chi connectivity index (χ0n) is 23.8. The Hall–Kier alpha value is -3.49. The van der Waals surface area contributed by atoms with E-state index in [1.165, 1.54) is 11.4 Å². The largest absolute Gasteiger partial charge is 0.354 e. The summed E-state index contributed by atoms with van der Waals surface area (Å²) in [5, 5.41) is 3.03. The number of hydrogen-bond donors (Lipinski definition) is 1. The molecule has 0 saturated carbocycles. The van der Waals surface area contributed by atoms with Gasteiger partial charge in [0, 0.05) is 39.5 Å². The van der Waals surface area contributed by atoms with Crippen LogP contribution in [0.2, 0.25) is 0 Å². The Morgan fingerprint density at radius 1 is 0.875 bits per heavy atom. The van der Waals surface area contributed by atoms with Gasteiger partial charge in [-0.2, -0.15) is 0 Å². The molecule has 0 spiro atoms. The van der Waals surface area contributed by atoms with E-state index in [0.29, 0.717) is 19.4 Å². The third kappa shape index (κ3) is 9.03. The lowest BCUT2D eigenvalue weighted by molar-refractivity contribution is -0.141. The van der Waals surface area contributed by atoms with Crippen LogP contribution in [0.1, 0.15) is 49.3 Å². The van der Waals surface area contributed by atoms with Crippen molar-refractivity contribution in [2.24, 2.45) is 0 Å². The maximum Gasteiger partial charge on any atom is 0.243 e. The molecule has 0 radical (unpaired) electrons. The first-order valence-electron chi connectivity index (χ1n) is 13.9. The summed E-state index contributed by atoms with van der Waals surface area (Å²) in [7, 11) is -2.12. The summed E-state index contributed by atoms with van der Waals surface area (Å²) in [5.41, 5.74) is 2.98. The fourth-order valence-electron chi connectivity index (χ4n) is 4.56. The van der Waals surface area contributed by atoms with E-state index in [0.717, 1.165) is 29.5 Å². The quantitative estimate of drug-likeness (QED) is 0.265. The van der Waals surface area contributed by atoms with Crippen molar-refractivity contribution < 1.29 is 18.0 Å². The molecule has 7 nitrogen and oxygen atoms in total. The monoisotopic (exact) mass is 563 g/mol. The standard InChI is InChI=1S/C32H41N3O4S/c1-4-5-21-33-32(37)30(24-27-15-8-6-9-16-27)35(25-28-17-12-14-26(2)23-28)31(36)20-13-22-34(3)40(38,39)29-18-10-7-11-19-29/h6-12,14-19,23,30H,4-5,13,20-22,24-25H2,1-3H3,(H,33,37)/t30-/m1/s1. The summed E-state index contributed by atoms with van der Waals surface area (Å²) in [5.74, 6) is -0.360. The van der Waals surface area contributed by atoms with Gasteiger partial charge >= 0.3 is 0 Å². The number of aryl methyl sites for hydroxylation is 1. The van der Waals surface area contributed by atoms with Crippen LogP contribution in [-0.4, -0.2) is 55.6 Å². The normalized spacial score (nSPS) is 12.2. The minimum absolute atomic E-state index is 0.119. The van der Waals surface area contributed by atoms with Gasteiger partial charge in [-0.1, -0.05) is 91.7 Å². The van der Waals surface area contributed by atoms with Crippen LogP contribution in [0.4, 0.5) is 0 Å². The lowest BCUT2D eigenvalue weighted by Gasteiger charge is -2.32. The van der Waals surface area contributed by atoms with Gasteiger partial charge in [0.25, 0.3) is 0 Å². The molecule has 0 aliphatic carbocycles. The van der Waals surface area contributed by atoms with Crippen molar-refractivity contribution in [3.05, 3.63) is 102 Å². The number of carbonyl (C=O) groups excluding carboxylic acids is 2. The van der Waals surface area contributed by atoms with E-state index in [1.807, 2.05) is 61.5 Å². The molecule has 0 heterocycles. The first-order chi connectivity index (χ1) is 19.2. The fourth-order valence-corrected chi connectivity index (χ4v) is 5.79. The molecule has 3 aromatic rings. The summed E-state index contributed by atoms with van der Waals surface area (Å²) in [4.78, 5) is 29.2. The van der Waals surface area contributed by atoms with Crippen LogP contribution in [0.25, 0.3) is 0 Å². The molecule has 3 aromatic carbocycles. The highest BCUT2D eigenvalue weighted by Gasteiger charge is 2.30.